The number of ether oxygens (including phenoxy) is 1. The van der Waals surface area contributed by atoms with Crippen LogP contribution in [0.25, 0.3) is 0 Å². The van der Waals surface area contributed by atoms with Gasteiger partial charge in [-0.15, -0.1) is 0 Å². The Morgan fingerprint density at radius 3 is 2.56 bits per heavy atom. The van der Waals surface area contributed by atoms with Crippen molar-refractivity contribution in [3.05, 3.63) is 60.2 Å². The van der Waals surface area contributed by atoms with Crippen LogP contribution >= 0.6 is 0 Å². The first-order valence-electron chi connectivity index (χ1n) is 8.04. The Balaban J connectivity index is 1.98. The molecule has 0 saturated heterocycles. The molecule has 132 valence electrons. The summed E-state index contributed by atoms with van der Waals surface area (Å²) in [6.45, 7) is 1.33. The van der Waals surface area contributed by atoms with Crippen molar-refractivity contribution in [1.29, 1.82) is 0 Å². The smallest absolute Gasteiger partial charge is 0.258 e. The van der Waals surface area contributed by atoms with E-state index in [1.807, 2.05) is 30.3 Å². The number of amides is 2. The average Bonchev–Trinajstić information content (AvgIpc) is 2.65. The molecule has 2 amide bonds. The van der Waals surface area contributed by atoms with Gasteiger partial charge in [0, 0.05) is 37.6 Å². The number of anilines is 2. The highest BCUT2D eigenvalue weighted by Crippen LogP contribution is 2.17. The second kappa shape index (κ2) is 9.56. The highest BCUT2D eigenvalue weighted by molar-refractivity contribution is 6.06. The summed E-state index contributed by atoms with van der Waals surface area (Å²) in [5.41, 5.74) is 1.91. The number of hydrogen-bond acceptors (Lipinski definition) is 4. The first-order valence-corrected chi connectivity index (χ1v) is 8.04. The van der Waals surface area contributed by atoms with E-state index in [0.29, 0.717) is 24.4 Å². The van der Waals surface area contributed by atoms with Crippen LogP contribution < -0.4 is 15.5 Å². The van der Waals surface area contributed by atoms with Gasteiger partial charge in [0.05, 0.1) is 13.2 Å². The minimum Gasteiger partial charge on any atom is -0.383 e. The third-order valence-electron chi connectivity index (χ3n) is 3.61. The number of nitrogens with zero attached hydrogens (tertiary/aromatic N) is 1. The summed E-state index contributed by atoms with van der Waals surface area (Å²) >= 11 is 0. The number of hydrogen-bond donors (Lipinski definition) is 2. The molecule has 0 saturated carbocycles. The number of para-hydroxylation sites is 1. The van der Waals surface area contributed by atoms with Gasteiger partial charge in [-0.25, -0.2) is 0 Å². The zero-order valence-electron chi connectivity index (χ0n) is 14.5. The van der Waals surface area contributed by atoms with Crippen LogP contribution in [0.5, 0.6) is 0 Å². The van der Waals surface area contributed by atoms with E-state index in [1.54, 1.807) is 43.3 Å². The van der Waals surface area contributed by atoms with Gasteiger partial charge in [-0.3, -0.25) is 9.59 Å². The van der Waals surface area contributed by atoms with Crippen molar-refractivity contribution in [2.24, 2.45) is 0 Å². The first-order chi connectivity index (χ1) is 12.1. The summed E-state index contributed by atoms with van der Waals surface area (Å²) in [4.78, 5) is 26.1. The first kappa shape index (κ1) is 18.6. The molecule has 0 radical (unpaired) electrons. The van der Waals surface area contributed by atoms with Gasteiger partial charge in [0.2, 0.25) is 5.91 Å². The van der Waals surface area contributed by atoms with Gasteiger partial charge in [-0.2, -0.15) is 0 Å². The number of nitrogens with one attached hydrogen (secondary N) is 2. The van der Waals surface area contributed by atoms with E-state index >= 15 is 0 Å². The second-order valence-electron chi connectivity index (χ2n) is 5.50. The Hall–Kier alpha value is -2.70. The molecule has 0 heterocycles. The van der Waals surface area contributed by atoms with E-state index in [1.165, 1.54) is 0 Å². The lowest BCUT2D eigenvalue weighted by Crippen LogP contribution is -2.30. The maximum Gasteiger partial charge on any atom is 0.258 e. The number of carbonyl (C=O) groups excluding carboxylic acids is 2. The van der Waals surface area contributed by atoms with Crippen LogP contribution in [-0.2, 0) is 9.53 Å². The molecule has 25 heavy (non-hydrogen) atoms. The van der Waals surface area contributed by atoms with Gasteiger partial charge in [0.25, 0.3) is 5.91 Å². The van der Waals surface area contributed by atoms with Crippen molar-refractivity contribution >= 4 is 23.2 Å². The Morgan fingerprint density at radius 1 is 1.08 bits per heavy atom. The number of carbonyl (C=O) groups is 2. The van der Waals surface area contributed by atoms with E-state index in [4.69, 9.17) is 4.74 Å². The van der Waals surface area contributed by atoms with E-state index in [9.17, 15) is 9.59 Å². The molecule has 0 aromatic heterocycles. The molecular weight excluding hydrogens is 318 g/mol. The standard InChI is InChI=1S/C19H23N3O3/c1-22(17-9-4-3-5-10-17)19(24)15-7-6-8-16(13-15)21-18(23)14-20-11-12-25-2/h3-10,13,20H,11-12,14H2,1-2H3,(H,21,23). The summed E-state index contributed by atoms with van der Waals surface area (Å²) in [6.07, 6.45) is 0. The van der Waals surface area contributed by atoms with Crippen molar-refractivity contribution in [2.75, 3.05) is 44.1 Å². The van der Waals surface area contributed by atoms with Gasteiger partial charge < -0.3 is 20.3 Å². The minimum atomic E-state index is -0.169. The Labute approximate surface area is 147 Å². The molecule has 0 spiro atoms. The van der Waals surface area contributed by atoms with Crippen molar-refractivity contribution in [1.82, 2.24) is 5.32 Å². The van der Waals surface area contributed by atoms with Crippen LogP contribution in [0.15, 0.2) is 54.6 Å². The van der Waals surface area contributed by atoms with Crippen molar-refractivity contribution in [3.8, 4) is 0 Å². The van der Waals surface area contributed by atoms with Gasteiger partial charge in [-0.05, 0) is 30.3 Å². The Morgan fingerprint density at radius 2 is 1.84 bits per heavy atom. The van der Waals surface area contributed by atoms with Crippen molar-refractivity contribution in [3.63, 3.8) is 0 Å². The van der Waals surface area contributed by atoms with Crippen LogP contribution in [0.3, 0.4) is 0 Å². The normalized spacial score (nSPS) is 10.3. The lowest BCUT2D eigenvalue weighted by atomic mass is 10.1. The molecule has 0 atom stereocenters. The predicted molar refractivity (Wildman–Crippen MR) is 99.0 cm³/mol. The zero-order valence-corrected chi connectivity index (χ0v) is 14.5. The van der Waals surface area contributed by atoms with E-state index in [2.05, 4.69) is 10.6 Å². The SMILES string of the molecule is COCCNCC(=O)Nc1cccc(C(=O)N(C)c2ccccc2)c1. The van der Waals surface area contributed by atoms with Gasteiger partial charge >= 0.3 is 0 Å². The lowest BCUT2D eigenvalue weighted by Gasteiger charge is -2.17. The van der Waals surface area contributed by atoms with Crippen LogP contribution in [-0.4, -0.2) is 45.7 Å². The van der Waals surface area contributed by atoms with Gasteiger partial charge in [0.15, 0.2) is 0 Å². The number of methoxy groups -OCH3 is 1. The molecule has 0 bridgehead atoms. The second-order valence-corrected chi connectivity index (χ2v) is 5.50. The molecule has 2 N–H and O–H groups in total. The van der Waals surface area contributed by atoms with E-state index in [-0.39, 0.29) is 18.4 Å². The van der Waals surface area contributed by atoms with Crippen LogP contribution in [0.1, 0.15) is 10.4 Å². The quantitative estimate of drug-likeness (QED) is 0.722. The van der Waals surface area contributed by atoms with Crippen LogP contribution in [0, 0.1) is 0 Å². The largest absolute Gasteiger partial charge is 0.383 e. The number of rotatable bonds is 8. The Kier molecular flexibility index (Phi) is 7.13. The summed E-state index contributed by atoms with van der Waals surface area (Å²) in [7, 11) is 3.33. The minimum absolute atomic E-state index is 0.138. The maximum atomic E-state index is 12.6. The highest BCUT2D eigenvalue weighted by atomic mass is 16.5. The molecule has 0 aliphatic heterocycles. The monoisotopic (exact) mass is 341 g/mol. The molecule has 2 aromatic rings. The molecule has 2 aromatic carbocycles. The summed E-state index contributed by atoms with van der Waals surface area (Å²) < 4.78 is 4.91. The summed E-state index contributed by atoms with van der Waals surface area (Å²) in [6, 6.07) is 16.3. The van der Waals surface area contributed by atoms with Crippen molar-refractivity contribution in [2.45, 2.75) is 0 Å². The fourth-order valence-corrected chi connectivity index (χ4v) is 2.27. The molecule has 0 aliphatic rings. The summed E-state index contributed by atoms with van der Waals surface area (Å²) in [5.74, 6) is -0.308. The molecule has 6 nitrogen and oxygen atoms in total. The maximum absolute atomic E-state index is 12.6. The zero-order chi connectivity index (χ0) is 18.1. The molecule has 6 heteroatoms. The Bertz CT molecular complexity index is 704. The topological polar surface area (TPSA) is 70.7 Å². The van der Waals surface area contributed by atoms with Gasteiger partial charge in [0.1, 0.15) is 0 Å². The van der Waals surface area contributed by atoms with Crippen LogP contribution in [0.2, 0.25) is 0 Å². The van der Waals surface area contributed by atoms with Crippen molar-refractivity contribution < 1.29 is 14.3 Å². The third kappa shape index (κ3) is 5.70. The molecule has 2 rings (SSSR count). The number of benzene rings is 2. The summed E-state index contributed by atoms with van der Waals surface area (Å²) in [5, 5.41) is 5.75. The average molecular weight is 341 g/mol. The highest BCUT2D eigenvalue weighted by Gasteiger charge is 2.14. The molecular formula is C19H23N3O3. The fraction of sp³-hybridized carbons (Fsp3) is 0.263. The predicted octanol–water partition coefficient (Wildman–Crippen LogP) is 2.14. The lowest BCUT2D eigenvalue weighted by molar-refractivity contribution is -0.115. The molecule has 0 fully saturated rings. The fourth-order valence-electron chi connectivity index (χ4n) is 2.27. The molecule has 0 unspecified atom stereocenters. The molecule has 0 aliphatic carbocycles. The van der Waals surface area contributed by atoms with E-state index < -0.39 is 0 Å². The van der Waals surface area contributed by atoms with E-state index in [0.717, 1.165) is 5.69 Å². The third-order valence-corrected chi connectivity index (χ3v) is 3.61. The van der Waals surface area contributed by atoms with Gasteiger partial charge in [-0.1, -0.05) is 24.3 Å². The van der Waals surface area contributed by atoms with Crippen LogP contribution in [0.4, 0.5) is 11.4 Å².